The molecular weight excluding hydrogens is 412 g/mol. The highest BCUT2D eigenvalue weighted by Gasteiger charge is 2.94. The van der Waals surface area contributed by atoms with Gasteiger partial charge in [-0.05, 0) is 78.3 Å². The molecule has 4 saturated carbocycles. The van der Waals surface area contributed by atoms with E-state index in [1.165, 1.54) is 22.7 Å². The van der Waals surface area contributed by atoms with Gasteiger partial charge in [-0.15, -0.1) is 11.8 Å². The molecule has 0 radical (unpaired) electrons. The average Bonchev–Trinajstić information content (AvgIpc) is 3.47. The lowest BCUT2D eigenvalue weighted by Crippen LogP contribution is -2.81. The van der Waals surface area contributed by atoms with Crippen molar-refractivity contribution in [2.45, 2.75) is 33.7 Å². The van der Waals surface area contributed by atoms with E-state index in [1.54, 1.807) is 0 Å². The Morgan fingerprint density at radius 2 is 1.53 bits per heavy atom. The number of hydrogen-bond donors (Lipinski definition) is 1. The Hall–Kier alpha value is -2.21. The van der Waals surface area contributed by atoms with Crippen molar-refractivity contribution in [3.05, 3.63) is 90.5 Å². The monoisotopic (exact) mass is 436 g/mol. The van der Waals surface area contributed by atoms with Gasteiger partial charge in [0.05, 0.1) is 22.5 Å². The van der Waals surface area contributed by atoms with Crippen LogP contribution in [0.2, 0.25) is 0 Å². The average molecular weight is 437 g/mol. The lowest BCUT2D eigenvalue weighted by Gasteiger charge is -2.69. The van der Waals surface area contributed by atoms with Crippen molar-refractivity contribution in [2.24, 2.45) is 35.5 Å². The lowest BCUT2D eigenvalue weighted by molar-refractivity contribution is -0.231. The van der Waals surface area contributed by atoms with Gasteiger partial charge in [0.2, 0.25) is 0 Å². The Balaban J connectivity index is 1.24. The second kappa shape index (κ2) is 5.46. The largest absolute Gasteiger partial charge is 0.259 e. The summed E-state index contributed by atoms with van der Waals surface area (Å²) in [6.45, 7) is 0. The molecule has 4 nitrogen and oxygen atoms in total. The predicted molar refractivity (Wildman–Crippen MR) is 122 cm³/mol. The summed E-state index contributed by atoms with van der Waals surface area (Å²) in [5.41, 5.74) is 6.83. The van der Waals surface area contributed by atoms with Crippen LogP contribution in [0.3, 0.4) is 0 Å². The highest BCUT2D eigenvalue weighted by molar-refractivity contribution is 8.00. The summed E-state index contributed by atoms with van der Waals surface area (Å²) >= 11 is 2.14. The Labute approximate surface area is 191 Å². The van der Waals surface area contributed by atoms with Crippen molar-refractivity contribution in [2.75, 3.05) is 0 Å². The molecule has 0 spiro atoms. The number of benzene rings is 1. The molecule has 2 aromatic heterocycles. The summed E-state index contributed by atoms with van der Waals surface area (Å²) in [6, 6.07) is 24.8. The third-order valence-corrected chi connectivity index (χ3v) is 11.4. The third-order valence-electron chi connectivity index (χ3n) is 9.92. The molecule has 8 bridgehead atoms. The van der Waals surface area contributed by atoms with E-state index in [-0.39, 0.29) is 11.1 Å². The zero-order valence-corrected chi connectivity index (χ0v) is 18.4. The molecule has 4 aliphatic carbocycles. The molecule has 0 amide bonds. The fourth-order valence-electron chi connectivity index (χ4n) is 9.28. The Bertz CT molecular complexity index is 1230. The van der Waals surface area contributed by atoms with Crippen LogP contribution >= 0.6 is 11.8 Å². The summed E-state index contributed by atoms with van der Waals surface area (Å²) in [4.78, 5) is 11.4. The van der Waals surface area contributed by atoms with Crippen molar-refractivity contribution in [3.63, 3.8) is 0 Å². The van der Waals surface area contributed by atoms with Gasteiger partial charge in [-0.2, -0.15) is 0 Å². The number of nitrogens with zero attached hydrogens (tertiary/aromatic N) is 3. The standard InChI is InChI=1S/C27H24N4S/c1-2-8-15(9-3-1)32-25-20-22-23-21(25)24(20)31-27(23,19-11-5-7-13-29-19)17-14-16(17)26(22,30-31)18-10-4-6-12-28-18/h1-13,16-17,20-25,30H,14H2/t16-,17+,20+,21-,22+,23-,24?,25+,26+,27-/m0/s1. The summed E-state index contributed by atoms with van der Waals surface area (Å²) in [6.07, 6.45) is 5.29. The molecule has 32 heavy (non-hydrogen) atoms. The second-order valence-electron chi connectivity index (χ2n) is 10.6. The van der Waals surface area contributed by atoms with E-state index in [9.17, 15) is 0 Å². The highest BCUT2D eigenvalue weighted by atomic mass is 32.2. The molecule has 6 heterocycles. The van der Waals surface area contributed by atoms with Crippen molar-refractivity contribution in [1.82, 2.24) is 20.4 Å². The summed E-state index contributed by atoms with van der Waals surface area (Å²) in [7, 11) is 0. The SMILES string of the molecule is c1ccc(S[C@@H]2[C@H]3C4[C@@H]2[C@H]2[C@@H]3[C@@]3(c5ccccn5)NN4[C@]2(c2ccccn2)[C@@H]2C[C@@H]23)cc1. The van der Waals surface area contributed by atoms with Gasteiger partial charge in [0.1, 0.15) is 0 Å². The Kier molecular flexibility index (Phi) is 2.95. The smallest absolute Gasteiger partial charge is 0.0843 e. The van der Waals surface area contributed by atoms with E-state index in [4.69, 9.17) is 9.97 Å². The first kappa shape index (κ1) is 17.3. The van der Waals surface area contributed by atoms with E-state index < -0.39 is 0 Å². The molecule has 11 rings (SSSR count). The van der Waals surface area contributed by atoms with Crippen LogP contribution in [0.5, 0.6) is 0 Å². The maximum Gasteiger partial charge on any atom is 0.0843 e. The normalized spacial score (nSPS) is 49.7. The maximum atomic E-state index is 5.00. The van der Waals surface area contributed by atoms with Gasteiger partial charge < -0.3 is 0 Å². The summed E-state index contributed by atoms with van der Waals surface area (Å²) in [5, 5.41) is 3.44. The zero-order chi connectivity index (χ0) is 20.7. The fraction of sp³-hybridized carbons (Fsp3) is 0.407. The van der Waals surface area contributed by atoms with Crippen LogP contribution < -0.4 is 5.43 Å². The Morgan fingerprint density at radius 1 is 0.812 bits per heavy atom. The number of hydrogen-bond acceptors (Lipinski definition) is 5. The van der Waals surface area contributed by atoms with Gasteiger partial charge in [0.15, 0.2) is 0 Å². The molecule has 3 aromatic rings. The minimum Gasteiger partial charge on any atom is -0.259 e. The van der Waals surface area contributed by atoms with Crippen LogP contribution in [0, 0.1) is 35.5 Å². The molecule has 8 fully saturated rings. The predicted octanol–water partition coefficient (Wildman–Crippen LogP) is 4.07. The summed E-state index contributed by atoms with van der Waals surface area (Å²) < 4.78 is 0. The fourth-order valence-corrected chi connectivity index (χ4v) is 10.9. The maximum absolute atomic E-state index is 5.00. The Morgan fingerprint density at radius 3 is 2.28 bits per heavy atom. The van der Waals surface area contributed by atoms with Crippen molar-refractivity contribution in [1.29, 1.82) is 0 Å². The minimum atomic E-state index is 0.00897. The van der Waals surface area contributed by atoms with Crippen molar-refractivity contribution < 1.29 is 0 Å². The number of rotatable bonds is 4. The quantitative estimate of drug-likeness (QED) is 0.668. The molecule has 4 aliphatic heterocycles. The van der Waals surface area contributed by atoms with Crippen molar-refractivity contribution in [3.8, 4) is 0 Å². The van der Waals surface area contributed by atoms with Crippen LogP contribution in [0.25, 0.3) is 0 Å². The molecule has 8 aliphatic rings. The zero-order valence-electron chi connectivity index (χ0n) is 17.6. The van der Waals surface area contributed by atoms with Gasteiger partial charge in [0, 0.05) is 28.6 Å². The van der Waals surface area contributed by atoms with E-state index >= 15 is 0 Å². The van der Waals surface area contributed by atoms with Gasteiger partial charge in [-0.1, -0.05) is 30.3 Å². The van der Waals surface area contributed by atoms with Crippen LogP contribution in [0.4, 0.5) is 0 Å². The molecule has 5 heteroatoms. The number of piperidine rings is 1. The number of pyridine rings is 2. The third kappa shape index (κ3) is 1.62. The van der Waals surface area contributed by atoms with Crippen molar-refractivity contribution >= 4 is 11.8 Å². The molecule has 1 aromatic carbocycles. The lowest BCUT2D eigenvalue weighted by atomic mass is 9.54. The molecule has 2 unspecified atom stereocenters. The van der Waals surface area contributed by atoms with Gasteiger partial charge in [-0.3, -0.25) is 9.97 Å². The van der Waals surface area contributed by atoms with E-state index in [1.807, 2.05) is 12.4 Å². The van der Waals surface area contributed by atoms with E-state index in [0.717, 1.165) is 11.8 Å². The first-order valence-corrected chi connectivity index (χ1v) is 12.9. The molecule has 158 valence electrons. The van der Waals surface area contributed by atoms with Crippen LogP contribution in [0.15, 0.2) is 84.0 Å². The van der Waals surface area contributed by atoms with Crippen LogP contribution in [-0.4, -0.2) is 26.3 Å². The molecule has 11 atom stereocenters. The molecule has 1 N–H and O–H groups in total. The number of aromatic nitrogens is 2. The number of thioether (sulfide) groups is 1. The van der Waals surface area contributed by atoms with Gasteiger partial charge in [0.25, 0.3) is 0 Å². The first-order valence-electron chi connectivity index (χ1n) is 12.0. The van der Waals surface area contributed by atoms with Crippen LogP contribution in [-0.2, 0) is 11.1 Å². The van der Waals surface area contributed by atoms with Gasteiger partial charge >= 0.3 is 0 Å². The minimum absolute atomic E-state index is 0.00897. The topological polar surface area (TPSA) is 41.1 Å². The van der Waals surface area contributed by atoms with Gasteiger partial charge in [-0.25, -0.2) is 10.4 Å². The summed E-state index contributed by atoms with van der Waals surface area (Å²) in [5.74, 6) is 4.13. The van der Waals surface area contributed by atoms with E-state index in [2.05, 4.69) is 88.9 Å². The number of hydrazine groups is 1. The second-order valence-corrected chi connectivity index (χ2v) is 11.9. The first-order chi connectivity index (χ1) is 15.9. The molecular formula is C27H24N4S. The number of nitrogens with one attached hydrogen (secondary N) is 1. The molecule has 4 saturated heterocycles. The highest BCUT2D eigenvalue weighted by Crippen LogP contribution is 2.88. The van der Waals surface area contributed by atoms with E-state index in [0.29, 0.717) is 35.0 Å². The van der Waals surface area contributed by atoms with Crippen LogP contribution in [0.1, 0.15) is 17.8 Å².